The third-order valence-corrected chi connectivity index (χ3v) is 7.67. The van der Waals surface area contributed by atoms with Gasteiger partial charge in [-0.3, -0.25) is 9.44 Å². The minimum absolute atomic E-state index is 0.0138. The topological polar surface area (TPSA) is 120 Å². The van der Waals surface area contributed by atoms with E-state index in [1.807, 2.05) is 13.8 Å². The van der Waals surface area contributed by atoms with Crippen molar-refractivity contribution < 1.29 is 31.0 Å². The van der Waals surface area contributed by atoms with Crippen LogP contribution in [0.2, 0.25) is 0 Å². The molecule has 3 aromatic rings. The van der Waals surface area contributed by atoms with Gasteiger partial charge in [0.1, 0.15) is 22.1 Å². The summed E-state index contributed by atoms with van der Waals surface area (Å²) in [5.41, 5.74) is 0.465. The minimum Gasteiger partial charge on any atom is -0.495 e. The second-order valence-electron chi connectivity index (χ2n) is 7.71. The first-order valence-corrected chi connectivity index (χ1v) is 14.4. The molecule has 0 aliphatic rings. The van der Waals surface area contributed by atoms with Gasteiger partial charge in [-0.1, -0.05) is 38.1 Å². The lowest BCUT2D eigenvalue weighted by molar-refractivity contribution is 0.319. The number of ether oxygens (including phenoxy) is 3. The van der Waals surface area contributed by atoms with Gasteiger partial charge < -0.3 is 14.2 Å². The summed E-state index contributed by atoms with van der Waals surface area (Å²) in [7, 11) is -7.11. The van der Waals surface area contributed by atoms with E-state index in [4.69, 9.17) is 14.2 Å². The molecule has 0 radical (unpaired) electrons. The van der Waals surface area contributed by atoms with E-state index in [9.17, 15) is 16.8 Å². The van der Waals surface area contributed by atoms with Crippen molar-refractivity contribution in [1.82, 2.24) is 0 Å². The molecule has 0 saturated carbocycles. The number of hydrogen-bond acceptors (Lipinski definition) is 7. The van der Waals surface area contributed by atoms with Crippen LogP contribution in [0, 0.1) is 0 Å². The molecule has 0 aliphatic heterocycles. The van der Waals surface area contributed by atoms with Crippen LogP contribution in [-0.4, -0.2) is 37.2 Å². The van der Waals surface area contributed by atoms with Crippen LogP contribution >= 0.6 is 0 Å². The Morgan fingerprint density at radius 3 is 1.67 bits per heavy atom. The molecule has 0 atom stereocenters. The molecule has 0 spiro atoms. The number of sulfonamides is 2. The van der Waals surface area contributed by atoms with E-state index in [2.05, 4.69) is 9.44 Å². The quantitative estimate of drug-likeness (QED) is 0.321. The van der Waals surface area contributed by atoms with Gasteiger partial charge in [-0.05, 0) is 55.3 Å². The minimum atomic E-state index is -4.25. The van der Waals surface area contributed by atoms with Crippen LogP contribution in [0.1, 0.15) is 26.7 Å². The molecule has 0 unspecified atom stereocenters. The van der Waals surface area contributed by atoms with Crippen molar-refractivity contribution in [2.75, 3.05) is 29.8 Å². The number of nitrogens with one attached hydrogen (secondary N) is 2. The molecule has 0 aliphatic carbocycles. The summed E-state index contributed by atoms with van der Waals surface area (Å²) >= 11 is 0. The summed E-state index contributed by atoms with van der Waals surface area (Å²) < 4.78 is 74.5. The summed E-state index contributed by atoms with van der Waals surface area (Å²) in [5, 5.41) is 0. The van der Waals surface area contributed by atoms with Gasteiger partial charge in [0.15, 0.2) is 0 Å². The van der Waals surface area contributed by atoms with Crippen LogP contribution in [0.3, 0.4) is 0 Å². The first kappa shape index (κ1) is 27.2. The fourth-order valence-electron chi connectivity index (χ4n) is 3.22. The molecule has 0 fully saturated rings. The lowest BCUT2D eigenvalue weighted by Crippen LogP contribution is -2.18. The summed E-state index contributed by atoms with van der Waals surface area (Å²) in [6, 6.07) is 16.8. The molecule has 3 rings (SSSR count). The number of anilines is 2. The molecule has 0 bridgehead atoms. The molecule has 11 heteroatoms. The van der Waals surface area contributed by atoms with Crippen molar-refractivity contribution in [3.8, 4) is 17.2 Å². The standard InChI is InChI=1S/C25H30N2O7S2/c1-4-16-33-22-12-8-6-10-20(22)26-35(28,29)19-14-15-24(32-3)25(18-19)36(30,31)27-21-11-7-9-13-23(21)34-17-5-2/h6-15,18,26-27H,4-5,16-17H2,1-3H3. The Morgan fingerprint density at radius 2 is 1.17 bits per heavy atom. The lowest BCUT2D eigenvalue weighted by atomic mass is 10.3. The molecule has 3 aromatic carbocycles. The molecular weight excluding hydrogens is 504 g/mol. The van der Waals surface area contributed by atoms with E-state index < -0.39 is 20.0 Å². The molecule has 0 aromatic heterocycles. The van der Waals surface area contributed by atoms with Crippen molar-refractivity contribution in [2.45, 2.75) is 36.5 Å². The largest absolute Gasteiger partial charge is 0.495 e. The number of rotatable bonds is 13. The normalized spacial score (nSPS) is 11.5. The van der Waals surface area contributed by atoms with Crippen LogP contribution in [0.15, 0.2) is 76.5 Å². The van der Waals surface area contributed by atoms with E-state index in [-0.39, 0.29) is 26.9 Å². The number of para-hydroxylation sites is 4. The summed E-state index contributed by atoms with van der Waals surface area (Å²) in [4.78, 5) is -0.599. The molecular formula is C25H30N2O7S2. The van der Waals surface area contributed by atoms with E-state index in [1.165, 1.54) is 19.2 Å². The van der Waals surface area contributed by atoms with Crippen molar-refractivity contribution in [3.63, 3.8) is 0 Å². The van der Waals surface area contributed by atoms with Crippen molar-refractivity contribution >= 4 is 31.4 Å². The maximum Gasteiger partial charge on any atom is 0.265 e. The molecule has 0 saturated heterocycles. The first-order valence-electron chi connectivity index (χ1n) is 11.4. The Labute approximate surface area is 212 Å². The second-order valence-corrected chi connectivity index (χ2v) is 11.0. The van der Waals surface area contributed by atoms with Crippen molar-refractivity contribution in [1.29, 1.82) is 0 Å². The summed E-state index contributed by atoms with van der Waals surface area (Å²) in [6.07, 6.45) is 1.49. The monoisotopic (exact) mass is 534 g/mol. The Hall–Kier alpha value is -3.44. The summed E-state index contributed by atoms with van der Waals surface area (Å²) in [6.45, 7) is 4.70. The van der Waals surface area contributed by atoms with Crippen molar-refractivity contribution in [2.24, 2.45) is 0 Å². The molecule has 36 heavy (non-hydrogen) atoms. The second kappa shape index (κ2) is 12.0. The van der Waals surface area contributed by atoms with Gasteiger partial charge in [-0.2, -0.15) is 0 Å². The Morgan fingerprint density at radius 1 is 0.667 bits per heavy atom. The molecule has 9 nitrogen and oxygen atoms in total. The van der Waals surface area contributed by atoms with Crippen LogP contribution in [-0.2, 0) is 20.0 Å². The number of benzene rings is 3. The van der Waals surface area contributed by atoms with Crippen LogP contribution in [0.25, 0.3) is 0 Å². The van der Waals surface area contributed by atoms with E-state index in [1.54, 1.807) is 48.5 Å². The average molecular weight is 535 g/mol. The molecule has 0 heterocycles. The van der Waals surface area contributed by atoms with Gasteiger partial charge in [0.2, 0.25) is 0 Å². The van der Waals surface area contributed by atoms with Crippen molar-refractivity contribution in [3.05, 3.63) is 66.7 Å². The fraction of sp³-hybridized carbons (Fsp3) is 0.280. The predicted octanol–water partition coefficient (Wildman–Crippen LogP) is 4.87. The zero-order valence-corrected chi connectivity index (χ0v) is 22.0. The first-order chi connectivity index (χ1) is 17.2. The van der Waals surface area contributed by atoms with Gasteiger partial charge in [0.25, 0.3) is 20.0 Å². The Balaban J connectivity index is 1.97. The Bertz CT molecular complexity index is 1390. The SMILES string of the molecule is CCCOc1ccccc1NS(=O)(=O)c1ccc(OC)c(S(=O)(=O)Nc2ccccc2OCCC)c1. The average Bonchev–Trinajstić information content (AvgIpc) is 2.87. The highest BCUT2D eigenvalue weighted by atomic mass is 32.2. The maximum atomic E-state index is 13.3. The van der Waals surface area contributed by atoms with E-state index in [0.717, 1.165) is 18.9 Å². The van der Waals surface area contributed by atoms with Gasteiger partial charge in [0.05, 0.1) is 36.6 Å². The highest BCUT2D eigenvalue weighted by Crippen LogP contribution is 2.33. The van der Waals surface area contributed by atoms with Crippen LogP contribution < -0.4 is 23.7 Å². The zero-order chi connectivity index (χ0) is 26.2. The maximum absolute atomic E-state index is 13.3. The lowest BCUT2D eigenvalue weighted by Gasteiger charge is -2.16. The predicted molar refractivity (Wildman–Crippen MR) is 139 cm³/mol. The van der Waals surface area contributed by atoms with E-state index in [0.29, 0.717) is 24.7 Å². The Kier molecular flexibility index (Phi) is 9.05. The zero-order valence-electron chi connectivity index (χ0n) is 20.4. The highest BCUT2D eigenvalue weighted by molar-refractivity contribution is 7.93. The molecule has 2 N–H and O–H groups in total. The number of methoxy groups -OCH3 is 1. The smallest absolute Gasteiger partial charge is 0.265 e. The van der Waals surface area contributed by atoms with Gasteiger partial charge in [-0.15, -0.1) is 0 Å². The molecule has 194 valence electrons. The molecule has 0 amide bonds. The number of hydrogen-bond donors (Lipinski definition) is 2. The van der Waals surface area contributed by atoms with Crippen LogP contribution in [0.5, 0.6) is 17.2 Å². The summed E-state index contributed by atoms with van der Waals surface area (Å²) in [5.74, 6) is 0.714. The van der Waals surface area contributed by atoms with Gasteiger partial charge in [0, 0.05) is 0 Å². The van der Waals surface area contributed by atoms with Gasteiger partial charge >= 0.3 is 0 Å². The van der Waals surface area contributed by atoms with Gasteiger partial charge in [-0.25, -0.2) is 16.8 Å². The fourth-order valence-corrected chi connectivity index (χ4v) is 5.65. The third kappa shape index (κ3) is 6.61. The highest BCUT2D eigenvalue weighted by Gasteiger charge is 2.26. The van der Waals surface area contributed by atoms with E-state index >= 15 is 0 Å². The third-order valence-electron chi connectivity index (χ3n) is 4.92. The van der Waals surface area contributed by atoms with Crippen LogP contribution in [0.4, 0.5) is 11.4 Å².